The first kappa shape index (κ1) is 32.9. The average Bonchev–Trinajstić information content (AvgIpc) is 3.12. The van der Waals surface area contributed by atoms with Crippen LogP contribution in [0.15, 0.2) is 176 Å². The molecule has 0 atom stereocenters. The van der Waals surface area contributed by atoms with Gasteiger partial charge in [0.25, 0.3) is 0 Å². The third-order valence-corrected chi connectivity index (χ3v) is 9.54. The third-order valence-electron chi connectivity index (χ3n) is 9.54. The number of benzene rings is 7. The van der Waals surface area contributed by atoms with Crippen LogP contribution in [0, 0.1) is 0 Å². The summed E-state index contributed by atoms with van der Waals surface area (Å²) in [5, 5.41) is 2.52. The molecule has 0 aliphatic carbocycles. The Morgan fingerprint density at radius 3 is 1.54 bits per heavy atom. The topological polar surface area (TPSA) is 6.48 Å². The average molecular weight is 651 g/mol. The maximum absolute atomic E-state index is 2.50. The fourth-order valence-corrected chi connectivity index (χ4v) is 7.37. The first-order chi connectivity index (χ1) is 24.2. The van der Waals surface area contributed by atoms with Crippen LogP contribution in [0.5, 0.6) is 0 Å². The van der Waals surface area contributed by atoms with Gasteiger partial charge in [0.1, 0.15) is 0 Å². The van der Waals surface area contributed by atoms with E-state index in [0.29, 0.717) is 0 Å². The molecule has 0 heterocycles. The minimum atomic E-state index is -0.253. The molecule has 0 aliphatic heterocycles. The summed E-state index contributed by atoms with van der Waals surface area (Å²) in [6.45, 7) is 11.6. The molecule has 0 spiro atoms. The highest BCUT2D eigenvalue weighted by atomic mass is 15.2. The van der Waals surface area contributed by atoms with Crippen molar-refractivity contribution < 1.29 is 0 Å². The van der Waals surface area contributed by atoms with Gasteiger partial charge in [-0.15, -0.1) is 0 Å². The molecule has 0 unspecified atom stereocenters. The van der Waals surface area contributed by atoms with Crippen molar-refractivity contribution in [3.63, 3.8) is 0 Å². The van der Waals surface area contributed by atoms with Crippen molar-refractivity contribution in [2.45, 2.75) is 52.1 Å². The van der Waals surface area contributed by atoms with Gasteiger partial charge in [0.2, 0.25) is 0 Å². The second kappa shape index (κ2) is 13.7. The molecule has 7 aromatic carbocycles. The Hall–Kier alpha value is -5.60. The minimum absolute atomic E-state index is 0.151. The minimum Gasteiger partial charge on any atom is -0.336 e. The maximum Gasteiger partial charge on any atom is 0.0498 e. The van der Waals surface area contributed by atoms with Crippen LogP contribution < -0.4 is 9.80 Å². The number of para-hydroxylation sites is 2. The molecule has 248 valence electrons. The summed E-state index contributed by atoms with van der Waals surface area (Å²) in [5.41, 5.74) is 10.5. The Labute approximate surface area is 298 Å². The molecular formula is C48H46N2. The summed E-state index contributed by atoms with van der Waals surface area (Å²) in [6.07, 6.45) is 0.850. The normalized spacial score (nSPS) is 11.8. The van der Waals surface area contributed by atoms with Gasteiger partial charge in [0.05, 0.1) is 0 Å². The maximum atomic E-state index is 2.50. The van der Waals surface area contributed by atoms with Crippen molar-refractivity contribution in [1.29, 1.82) is 0 Å². The zero-order chi connectivity index (χ0) is 34.7. The molecule has 0 saturated carbocycles. The molecule has 0 aromatic heterocycles. The second-order valence-corrected chi connectivity index (χ2v) is 14.8. The summed E-state index contributed by atoms with van der Waals surface area (Å²) >= 11 is 0. The summed E-state index contributed by atoms with van der Waals surface area (Å²) in [7, 11) is 0. The van der Waals surface area contributed by atoms with E-state index in [9.17, 15) is 0 Å². The van der Waals surface area contributed by atoms with Gasteiger partial charge in [-0.05, 0) is 123 Å². The second-order valence-electron chi connectivity index (χ2n) is 14.8. The molecule has 0 fully saturated rings. The van der Waals surface area contributed by atoms with Crippen molar-refractivity contribution in [1.82, 2.24) is 0 Å². The molecule has 0 N–H and O–H groups in total. The van der Waals surface area contributed by atoms with E-state index < -0.39 is 0 Å². The molecule has 0 radical (unpaired) electrons. The van der Waals surface area contributed by atoms with Crippen molar-refractivity contribution in [2.24, 2.45) is 0 Å². The fraction of sp³-hybridized carbons (Fsp3) is 0.167. The van der Waals surface area contributed by atoms with Gasteiger partial charge in [-0.2, -0.15) is 0 Å². The van der Waals surface area contributed by atoms with Crippen LogP contribution in [-0.4, -0.2) is 11.1 Å². The number of anilines is 4. The Morgan fingerprint density at radius 2 is 0.920 bits per heavy atom. The van der Waals surface area contributed by atoms with Crippen molar-refractivity contribution in [2.75, 3.05) is 9.80 Å². The van der Waals surface area contributed by atoms with E-state index in [1.165, 1.54) is 61.3 Å². The number of nitrogens with zero attached hydrogens (tertiary/aromatic N) is 2. The zero-order valence-electron chi connectivity index (χ0n) is 29.8. The van der Waals surface area contributed by atoms with E-state index in [0.717, 1.165) is 6.42 Å². The van der Waals surface area contributed by atoms with Crippen LogP contribution in [-0.2, 0) is 6.42 Å². The quantitative estimate of drug-likeness (QED) is 0.153. The summed E-state index contributed by atoms with van der Waals surface area (Å²) in [5.74, 6) is 0. The van der Waals surface area contributed by atoms with Gasteiger partial charge >= 0.3 is 0 Å². The van der Waals surface area contributed by atoms with Crippen molar-refractivity contribution in [3.05, 3.63) is 181 Å². The van der Waals surface area contributed by atoms with E-state index in [1.54, 1.807) is 0 Å². The Balaban J connectivity index is 1.28. The largest absolute Gasteiger partial charge is 0.336 e. The van der Waals surface area contributed by atoms with Crippen LogP contribution >= 0.6 is 0 Å². The smallest absolute Gasteiger partial charge is 0.0498 e. The van der Waals surface area contributed by atoms with Crippen LogP contribution in [0.3, 0.4) is 0 Å². The standard InChI is InChI=1S/C48H46N2/c1-47(2,3)50(43-23-13-8-14-24-43)46-33-36(25-32-45(46)39-18-9-6-10-19-39)35-48(4,5)49(42-21-11-7-12-22-42)44-30-28-38(29-31-44)41-27-26-37-17-15-16-20-40(37)34-41/h6-34H,35H2,1-5H3. The molecule has 2 nitrogen and oxygen atoms in total. The van der Waals surface area contributed by atoms with Gasteiger partial charge in [-0.1, -0.05) is 127 Å². The lowest BCUT2D eigenvalue weighted by Gasteiger charge is -2.42. The molecule has 50 heavy (non-hydrogen) atoms. The first-order valence-electron chi connectivity index (χ1n) is 17.7. The van der Waals surface area contributed by atoms with E-state index in [-0.39, 0.29) is 11.1 Å². The van der Waals surface area contributed by atoms with Crippen LogP contribution in [0.4, 0.5) is 22.7 Å². The van der Waals surface area contributed by atoms with E-state index >= 15 is 0 Å². The number of fused-ring (bicyclic) bond motifs is 1. The van der Waals surface area contributed by atoms with Crippen LogP contribution in [0.2, 0.25) is 0 Å². The number of hydrogen-bond donors (Lipinski definition) is 0. The van der Waals surface area contributed by atoms with Crippen molar-refractivity contribution >= 4 is 33.5 Å². The summed E-state index contributed by atoms with van der Waals surface area (Å²) < 4.78 is 0. The summed E-state index contributed by atoms with van der Waals surface area (Å²) in [4.78, 5) is 4.99. The lowest BCUT2D eigenvalue weighted by Crippen LogP contribution is -2.43. The predicted molar refractivity (Wildman–Crippen MR) is 216 cm³/mol. The van der Waals surface area contributed by atoms with E-state index in [4.69, 9.17) is 0 Å². The molecule has 7 rings (SSSR count). The van der Waals surface area contributed by atoms with Gasteiger partial charge in [-0.25, -0.2) is 0 Å². The fourth-order valence-electron chi connectivity index (χ4n) is 7.37. The number of rotatable bonds is 9. The molecule has 0 amide bonds. The predicted octanol–water partition coefficient (Wildman–Crippen LogP) is 13.3. The molecule has 0 bridgehead atoms. The van der Waals surface area contributed by atoms with E-state index in [1.807, 2.05) is 0 Å². The Morgan fingerprint density at radius 1 is 0.400 bits per heavy atom. The molecule has 0 aliphatic rings. The highest BCUT2D eigenvalue weighted by molar-refractivity contribution is 5.88. The zero-order valence-corrected chi connectivity index (χ0v) is 29.8. The Bertz CT molecular complexity index is 2180. The van der Waals surface area contributed by atoms with Gasteiger partial charge in [0.15, 0.2) is 0 Å². The van der Waals surface area contributed by atoms with Crippen LogP contribution in [0.25, 0.3) is 33.0 Å². The lowest BCUT2D eigenvalue weighted by atomic mass is 9.89. The molecular weight excluding hydrogens is 605 g/mol. The lowest BCUT2D eigenvalue weighted by molar-refractivity contribution is 0.502. The van der Waals surface area contributed by atoms with E-state index in [2.05, 4.69) is 220 Å². The SMILES string of the molecule is CC(C)(C)N(c1ccccc1)c1cc(CC(C)(C)N(c2ccccc2)c2ccc(-c3ccc4ccccc4c3)cc2)ccc1-c1ccccc1. The highest BCUT2D eigenvalue weighted by Gasteiger charge is 2.31. The van der Waals surface area contributed by atoms with Gasteiger partial charge in [-0.3, -0.25) is 0 Å². The molecule has 0 saturated heterocycles. The van der Waals surface area contributed by atoms with Crippen molar-refractivity contribution in [3.8, 4) is 22.3 Å². The summed E-state index contributed by atoms with van der Waals surface area (Å²) in [6, 6.07) is 63.8. The van der Waals surface area contributed by atoms with Crippen LogP contribution in [0.1, 0.15) is 40.2 Å². The monoisotopic (exact) mass is 650 g/mol. The molecule has 2 heteroatoms. The number of hydrogen-bond acceptors (Lipinski definition) is 2. The molecule has 7 aromatic rings. The Kier molecular flexibility index (Phi) is 9.04. The highest BCUT2D eigenvalue weighted by Crippen LogP contribution is 2.42. The van der Waals surface area contributed by atoms with Gasteiger partial charge < -0.3 is 9.80 Å². The first-order valence-corrected chi connectivity index (χ1v) is 17.7. The van der Waals surface area contributed by atoms with Gasteiger partial charge in [0, 0.05) is 39.4 Å². The third kappa shape index (κ3) is 6.93.